The van der Waals surface area contributed by atoms with Crippen molar-refractivity contribution < 1.29 is 54.8 Å². The third-order valence-corrected chi connectivity index (χ3v) is 8.46. The number of unbranched alkanes of at least 4 members (excludes halogenated alkanes) is 2. The molecule has 1 aliphatic carbocycles. The van der Waals surface area contributed by atoms with Gasteiger partial charge in [-0.2, -0.15) is 0 Å². The van der Waals surface area contributed by atoms with Gasteiger partial charge in [0, 0.05) is 10.9 Å². The number of carboxylic acid groups (broad SMARTS) is 1. The number of aromatic carboxylic acids is 1. The van der Waals surface area contributed by atoms with Gasteiger partial charge >= 0.3 is 5.97 Å². The summed E-state index contributed by atoms with van der Waals surface area (Å²) in [6, 6.07) is 2.14. The minimum atomic E-state index is -1.83. The lowest BCUT2D eigenvalue weighted by atomic mass is 9.77. The number of ether oxygens (including phenoxy) is 2. The summed E-state index contributed by atoms with van der Waals surface area (Å²) in [4.78, 5) is 24.2. The van der Waals surface area contributed by atoms with E-state index in [1.165, 1.54) is 13.8 Å². The number of carboxylic acids is 1. The van der Waals surface area contributed by atoms with Crippen molar-refractivity contribution in [1.29, 1.82) is 0 Å². The van der Waals surface area contributed by atoms with Gasteiger partial charge in [0.05, 0.1) is 22.1 Å². The van der Waals surface area contributed by atoms with E-state index in [1.54, 1.807) is 0 Å². The SMILES string of the molecule is CCCCCC1CCCC1(O)C1OC(Oc2cc(C(=O)O)cc3c(O)c(C)c(C(C)=O)c(O)c23)C(O)C(O)C1O. The van der Waals surface area contributed by atoms with Crippen molar-refractivity contribution in [1.82, 2.24) is 0 Å². The second-order valence-electron chi connectivity index (χ2n) is 11.0. The summed E-state index contributed by atoms with van der Waals surface area (Å²) in [5.74, 6) is -3.54. The van der Waals surface area contributed by atoms with Crippen molar-refractivity contribution in [2.45, 2.75) is 102 Å². The zero-order chi connectivity index (χ0) is 29.5. The Morgan fingerprint density at radius 1 is 1.07 bits per heavy atom. The first-order chi connectivity index (χ1) is 18.8. The fourth-order valence-electron chi connectivity index (χ4n) is 6.30. The number of aromatic hydroxyl groups is 2. The van der Waals surface area contributed by atoms with E-state index >= 15 is 0 Å². The number of rotatable bonds is 9. The van der Waals surface area contributed by atoms with Crippen LogP contribution in [0.5, 0.6) is 17.2 Å². The average molecular weight is 563 g/mol. The summed E-state index contributed by atoms with van der Waals surface area (Å²) < 4.78 is 11.8. The monoisotopic (exact) mass is 562 g/mol. The summed E-state index contributed by atoms with van der Waals surface area (Å²) in [7, 11) is 0. The largest absolute Gasteiger partial charge is 0.507 e. The predicted octanol–water partition coefficient (Wildman–Crippen LogP) is 2.76. The van der Waals surface area contributed by atoms with E-state index in [0.717, 1.165) is 31.4 Å². The van der Waals surface area contributed by atoms with Crippen molar-refractivity contribution in [3.63, 3.8) is 0 Å². The average Bonchev–Trinajstić information content (AvgIpc) is 3.28. The number of Topliss-reactive ketones (excluding diaryl/α,β-unsaturated/α-hetero) is 1. The Bertz CT molecular complexity index is 1290. The maximum absolute atomic E-state index is 12.3. The molecule has 1 aliphatic heterocycles. The fraction of sp³-hybridized carbons (Fsp3) is 0.586. The van der Waals surface area contributed by atoms with Crippen LogP contribution in [-0.2, 0) is 4.74 Å². The molecule has 1 saturated carbocycles. The third kappa shape index (κ3) is 5.12. The van der Waals surface area contributed by atoms with Crippen molar-refractivity contribution in [3.8, 4) is 17.2 Å². The summed E-state index contributed by atoms with van der Waals surface area (Å²) >= 11 is 0. The van der Waals surface area contributed by atoms with Gasteiger partial charge in [-0.15, -0.1) is 0 Å². The molecule has 2 aromatic rings. The second kappa shape index (κ2) is 11.5. The molecule has 11 nitrogen and oxygen atoms in total. The lowest BCUT2D eigenvalue weighted by Crippen LogP contribution is -2.66. The quantitative estimate of drug-likeness (QED) is 0.135. The first-order valence-electron chi connectivity index (χ1n) is 13.7. The van der Waals surface area contributed by atoms with Gasteiger partial charge in [-0.25, -0.2) is 4.79 Å². The summed E-state index contributed by atoms with van der Waals surface area (Å²) in [6.07, 6.45) is -3.10. The van der Waals surface area contributed by atoms with Crippen molar-refractivity contribution in [2.75, 3.05) is 0 Å². The molecule has 7 atom stereocenters. The molecule has 0 spiro atoms. The van der Waals surface area contributed by atoms with E-state index < -0.39 is 59.6 Å². The number of aliphatic hydroxyl groups excluding tert-OH is 3. The zero-order valence-corrected chi connectivity index (χ0v) is 22.8. The van der Waals surface area contributed by atoms with Crippen molar-refractivity contribution in [3.05, 3.63) is 28.8 Å². The van der Waals surface area contributed by atoms with Gasteiger partial charge in [-0.3, -0.25) is 4.79 Å². The summed E-state index contributed by atoms with van der Waals surface area (Å²) in [5, 5.41) is 75.3. The number of aliphatic hydroxyl groups is 4. The number of phenols is 2. The molecule has 0 radical (unpaired) electrons. The van der Waals surface area contributed by atoms with Crippen LogP contribution in [-0.4, -0.2) is 83.8 Å². The van der Waals surface area contributed by atoms with Gasteiger partial charge in [0.15, 0.2) is 5.78 Å². The Morgan fingerprint density at radius 3 is 2.40 bits per heavy atom. The van der Waals surface area contributed by atoms with Crippen molar-refractivity contribution >= 4 is 22.5 Å². The normalized spacial score (nSPS) is 30.5. The molecule has 2 aromatic carbocycles. The number of fused-ring (bicyclic) bond motifs is 1. The van der Waals surface area contributed by atoms with Crippen LogP contribution in [0.1, 0.15) is 85.1 Å². The third-order valence-electron chi connectivity index (χ3n) is 8.46. The first kappa shape index (κ1) is 30.0. The molecule has 0 aromatic heterocycles. The maximum atomic E-state index is 12.3. The Kier molecular flexibility index (Phi) is 8.63. The molecule has 7 N–H and O–H groups in total. The molecular weight excluding hydrogens is 524 g/mol. The Morgan fingerprint density at radius 2 is 1.77 bits per heavy atom. The van der Waals surface area contributed by atoms with Gasteiger partial charge in [0.1, 0.15) is 41.7 Å². The van der Waals surface area contributed by atoms with Crippen LogP contribution in [0.15, 0.2) is 12.1 Å². The fourth-order valence-corrected chi connectivity index (χ4v) is 6.30. The zero-order valence-electron chi connectivity index (χ0n) is 22.8. The number of phenolic OH excluding ortho intramolecular Hbond substituents is 2. The standard InChI is InChI=1S/C29H38O11/c1-4-5-6-8-16-9-7-10-29(16,38)26-24(34)23(33)25(35)28(40-26)39-18-12-15(27(36)37)11-17-20(18)22(32)19(14(3)30)13(2)21(17)31/h11-12,16,23-26,28,31-35,38H,4-10H2,1-3H3,(H,36,37). The Hall–Kier alpha value is -2.96. The maximum Gasteiger partial charge on any atom is 0.335 e. The molecule has 4 rings (SSSR count). The van der Waals surface area contributed by atoms with Gasteiger partial charge < -0.3 is 45.2 Å². The Labute approximate surface area is 231 Å². The van der Waals surface area contributed by atoms with E-state index in [0.29, 0.717) is 25.7 Å². The molecule has 1 saturated heterocycles. The highest BCUT2D eigenvalue weighted by Gasteiger charge is 2.57. The molecule has 2 aliphatic rings. The van der Waals surface area contributed by atoms with Gasteiger partial charge in [-0.05, 0) is 51.2 Å². The molecule has 2 fully saturated rings. The number of hydrogen-bond donors (Lipinski definition) is 7. The molecule has 220 valence electrons. The Balaban J connectivity index is 1.78. The number of carbonyl (C=O) groups excluding carboxylic acids is 1. The molecule has 1 heterocycles. The molecule has 7 unspecified atom stereocenters. The van der Waals surface area contributed by atoms with E-state index in [1.807, 2.05) is 0 Å². The van der Waals surface area contributed by atoms with Crippen molar-refractivity contribution in [2.24, 2.45) is 5.92 Å². The molecule has 0 amide bonds. The van der Waals surface area contributed by atoms with Crippen LogP contribution < -0.4 is 4.74 Å². The van der Waals surface area contributed by atoms with E-state index in [9.17, 15) is 45.3 Å². The lowest BCUT2D eigenvalue weighted by Gasteiger charge is -2.47. The van der Waals surface area contributed by atoms with Crippen LogP contribution in [0.25, 0.3) is 10.8 Å². The smallest absolute Gasteiger partial charge is 0.335 e. The highest BCUT2D eigenvalue weighted by Crippen LogP contribution is 2.47. The van der Waals surface area contributed by atoms with Crippen LogP contribution in [0, 0.1) is 12.8 Å². The minimum absolute atomic E-state index is 0.0381. The summed E-state index contributed by atoms with van der Waals surface area (Å²) in [6.45, 7) is 4.65. The van der Waals surface area contributed by atoms with Crippen LogP contribution in [0.2, 0.25) is 0 Å². The topological polar surface area (TPSA) is 194 Å². The number of benzene rings is 2. The lowest BCUT2D eigenvalue weighted by molar-refractivity contribution is -0.309. The number of ketones is 1. The molecule has 0 bridgehead atoms. The van der Waals surface area contributed by atoms with Gasteiger partial charge in [0.25, 0.3) is 0 Å². The molecule has 40 heavy (non-hydrogen) atoms. The van der Waals surface area contributed by atoms with Gasteiger partial charge in [0.2, 0.25) is 6.29 Å². The first-order valence-corrected chi connectivity index (χ1v) is 13.7. The van der Waals surface area contributed by atoms with Gasteiger partial charge in [-0.1, -0.05) is 32.6 Å². The molecule has 11 heteroatoms. The van der Waals surface area contributed by atoms with E-state index in [-0.39, 0.29) is 39.1 Å². The highest BCUT2D eigenvalue weighted by molar-refractivity contribution is 6.11. The van der Waals surface area contributed by atoms with Crippen LogP contribution in [0.3, 0.4) is 0 Å². The molecular formula is C29H38O11. The highest BCUT2D eigenvalue weighted by atomic mass is 16.7. The van der Waals surface area contributed by atoms with Crippen LogP contribution in [0.4, 0.5) is 0 Å². The summed E-state index contributed by atoms with van der Waals surface area (Å²) in [5.41, 5.74) is -2.01. The van der Waals surface area contributed by atoms with Crippen LogP contribution >= 0.6 is 0 Å². The number of hydrogen-bond acceptors (Lipinski definition) is 10. The number of carbonyl (C=O) groups is 2. The predicted molar refractivity (Wildman–Crippen MR) is 143 cm³/mol. The minimum Gasteiger partial charge on any atom is -0.507 e. The second-order valence-corrected chi connectivity index (χ2v) is 11.0. The van der Waals surface area contributed by atoms with E-state index in [4.69, 9.17) is 9.47 Å². The van der Waals surface area contributed by atoms with E-state index in [2.05, 4.69) is 6.92 Å².